The molecule has 0 bridgehead atoms. The Balaban J connectivity index is 1.84. The van der Waals surface area contributed by atoms with E-state index < -0.39 is 9.84 Å². The first-order chi connectivity index (χ1) is 13.7. The second-order valence-electron chi connectivity index (χ2n) is 7.24. The van der Waals surface area contributed by atoms with E-state index in [1.807, 2.05) is 13.0 Å². The van der Waals surface area contributed by atoms with E-state index in [2.05, 4.69) is 4.98 Å². The molecule has 1 aromatic heterocycles. The molecule has 1 saturated heterocycles. The molecule has 0 saturated carbocycles. The zero-order chi connectivity index (χ0) is 21.2. The van der Waals surface area contributed by atoms with Crippen molar-refractivity contribution in [2.75, 3.05) is 38.0 Å². The molecule has 1 amide bonds. The molecule has 2 aromatic rings. The zero-order valence-electron chi connectivity index (χ0n) is 16.7. The highest BCUT2D eigenvalue weighted by Gasteiger charge is 2.32. The maximum absolute atomic E-state index is 13.0. The highest BCUT2D eigenvalue weighted by atomic mass is 32.2. The maximum atomic E-state index is 13.0. The molecule has 0 aliphatic carbocycles. The van der Waals surface area contributed by atoms with E-state index in [4.69, 9.17) is 4.74 Å². The van der Waals surface area contributed by atoms with E-state index >= 15 is 0 Å². The van der Waals surface area contributed by atoms with Gasteiger partial charge in [0.2, 0.25) is 5.91 Å². The van der Waals surface area contributed by atoms with Crippen molar-refractivity contribution in [3.63, 3.8) is 0 Å². The molecule has 1 aliphatic rings. The Morgan fingerprint density at radius 3 is 2.79 bits per heavy atom. The fourth-order valence-electron chi connectivity index (χ4n) is 3.44. The molecule has 0 spiro atoms. The van der Waals surface area contributed by atoms with Gasteiger partial charge in [0.15, 0.2) is 15.0 Å². The Labute approximate surface area is 174 Å². The normalized spacial score (nSPS) is 19.3. The number of hydrogen-bond donors (Lipinski definition) is 0. The Kier molecular flexibility index (Phi) is 6.65. The largest absolute Gasteiger partial charge is 0.383 e. The summed E-state index contributed by atoms with van der Waals surface area (Å²) in [6.07, 6.45) is 0.457. The van der Waals surface area contributed by atoms with Gasteiger partial charge in [-0.3, -0.25) is 14.2 Å². The number of sulfone groups is 1. The number of benzene rings is 1. The van der Waals surface area contributed by atoms with Crippen molar-refractivity contribution in [1.82, 2.24) is 14.5 Å². The number of amides is 1. The number of aromatic nitrogens is 2. The predicted octanol–water partition coefficient (Wildman–Crippen LogP) is 1.34. The molecule has 0 unspecified atom stereocenters. The molecule has 158 valence electrons. The lowest BCUT2D eigenvalue weighted by Crippen LogP contribution is -2.39. The van der Waals surface area contributed by atoms with E-state index in [-0.39, 0.29) is 40.8 Å². The van der Waals surface area contributed by atoms with Crippen molar-refractivity contribution in [2.24, 2.45) is 0 Å². The molecular formula is C19H25N3O5S2. The Morgan fingerprint density at radius 2 is 2.14 bits per heavy atom. The number of carbonyl (C=O) groups is 1. The van der Waals surface area contributed by atoms with E-state index in [0.29, 0.717) is 29.1 Å². The van der Waals surface area contributed by atoms with Gasteiger partial charge in [0.25, 0.3) is 5.56 Å². The third kappa shape index (κ3) is 4.81. The molecule has 29 heavy (non-hydrogen) atoms. The summed E-state index contributed by atoms with van der Waals surface area (Å²) in [5, 5.41) is 0.957. The first-order valence-corrected chi connectivity index (χ1v) is 12.1. The lowest BCUT2D eigenvalue weighted by molar-refractivity contribution is -0.128. The molecule has 1 aromatic carbocycles. The van der Waals surface area contributed by atoms with Gasteiger partial charge >= 0.3 is 0 Å². The van der Waals surface area contributed by atoms with Crippen LogP contribution < -0.4 is 5.56 Å². The fraction of sp³-hybridized carbons (Fsp3) is 0.526. The van der Waals surface area contributed by atoms with Crippen molar-refractivity contribution in [3.05, 3.63) is 34.6 Å². The number of fused-ring (bicyclic) bond motifs is 1. The quantitative estimate of drug-likeness (QED) is 0.474. The van der Waals surface area contributed by atoms with Gasteiger partial charge in [0.05, 0.1) is 40.8 Å². The molecule has 0 radical (unpaired) electrons. The monoisotopic (exact) mass is 439 g/mol. The van der Waals surface area contributed by atoms with Crippen molar-refractivity contribution in [3.8, 4) is 0 Å². The number of thioether (sulfide) groups is 1. The first kappa shape index (κ1) is 21.8. The average Bonchev–Trinajstić information content (AvgIpc) is 3.05. The molecule has 0 N–H and O–H groups in total. The standard InChI is InChI=1S/C19H25N3O5S2/c1-13(10-27-3)22-18(24)15-6-4-5-7-16(15)20-19(22)28-11-17(23)21(2)14-8-9-29(25,26)12-14/h4-7,13-14H,8-12H2,1-3H3/t13-,14-/m0/s1. The summed E-state index contributed by atoms with van der Waals surface area (Å²) in [6, 6.07) is 6.55. The zero-order valence-corrected chi connectivity index (χ0v) is 18.3. The third-order valence-electron chi connectivity index (χ3n) is 5.10. The van der Waals surface area contributed by atoms with Crippen molar-refractivity contribution >= 4 is 38.4 Å². The van der Waals surface area contributed by atoms with Crippen LogP contribution >= 0.6 is 11.8 Å². The van der Waals surface area contributed by atoms with Crippen LogP contribution in [0.5, 0.6) is 0 Å². The molecule has 1 aliphatic heterocycles. The van der Waals surface area contributed by atoms with Gasteiger partial charge in [-0.15, -0.1) is 0 Å². The summed E-state index contributed by atoms with van der Waals surface area (Å²) in [7, 11) is 0.127. The van der Waals surface area contributed by atoms with Crippen LogP contribution in [0, 0.1) is 0 Å². The second-order valence-corrected chi connectivity index (χ2v) is 10.4. The minimum absolute atomic E-state index is 0.00368. The summed E-state index contributed by atoms with van der Waals surface area (Å²) >= 11 is 1.18. The highest BCUT2D eigenvalue weighted by molar-refractivity contribution is 7.99. The summed E-state index contributed by atoms with van der Waals surface area (Å²) in [6.45, 7) is 2.20. The minimum atomic E-state index is -3.07. The van der Waals surface area contributed by atoms with Crippen LogP contribution in [-0.2, 0) is 19.4 Å². The van der Waals surface area contributed by atoms with E-state index in [1.54, 1.807) is 36.9 Å². The van der Waals surface area contributed by atoms with Gasteiger partial charge in [0.1, 0.15) is 0 Å². The Morgan fingerprint density at radius 1 is 1.41 bits per heavy atom. The van der Waals surface area contributed by atoms with E-state index in [1.165, 1.54) is 16.7 Å². The van der Waals surface area contributed by atoms with Crippen LogP contribution in [0.3, 0.4) is 0 Å². The van der Waals surface area contributed by atoms with E-state index in [9.17, 15) is 18.0 Å². The molecule has 1 fully saturated rings. The molecule has 2 atom stereocenters. The van der Waals surface area contributed by atoms with Crippen LogP contribution in [-0.4, -0.2) is 72.8 Å². The second kappa shape index (κ2) is 8.85. The van der Waals surface area contributed by atoms with E-state index in [0.717, 1.165) is 0 Å². The van der Waals surface area contributed by atoms with Gasteiger partial charge in [-0.1, -0.05) is 23.9 Å². The molecule has 8 nitrogen and oxygen atoms in total. The van der Waals surface area contributed by atoms with Gasteiger partial charge in [-0.2, -0.15) is 0 Å². The third-order valence-corrected chi connectivity index (χ3v) is 7.79. The van der Waals surface area contributed by atoms with Gasteiger partial charge in [-0.25, -0.2) is 13.4 Å². The van der Waals surface area contributed by atoms with Gasteiger partial charge < -0.3 is 9.64 Å². The number of carbonyl (C=O) groups excluding carboxylic acids is 1. The summed E-state index contributed by atoms with van der Waals surface area (Å²) in [5.74, 6) is -0.00490. The van der Waals surface area contributed by atoms with Crippen LogP contribution in [0.25, 0.3) is 10.9 Å². The molecular weight excluding hydrogens is 414 g/mol. The van der Waals surface area contributed by atoms with Crippen molar-refractivity contribution in [1.29, 1.82) is 0 Å². The lowest BCUT2D eigenvalue weighted by Gasteiger charge is -2.24. The summed E-state index contributed by atoms with van der Waals surface area (Å²) < 4.78 is 30.1. The lowest BCUT2D eigenvalue weighted by atomic mass is 10.2. The van der Waals surface area contributed by atoms with Crippen LogP contribution in [0.1, 0.15) is 19.4 Å². The Hall–Kier alpha value is -1.91. The van der Waals surface area contributed by atoms with Crippen molar-refractivity contribution < 1.29 is 17.9 Å². The maximum Gasteiger partial charge on any atom is 0.262 e. The molecule has 2 heterocycles. The number of nitrogens with zero attached hydrogens (tertiary/aromatic N) is 3. The number of hydrogen-bond acceptors (Lipinski definition) is 7. The number of rotatable bonds is 7. The fourth-order valence-corrected chi connectivity index (χ4v) is 6.24. The number of ether oxygens (including phenoxy) is 1. The predicted molar refractivity (Wildman–Crippen MR) is 113 cm³/mol. The summed E-state index contributed by atoms with van der Waals surface area (Å²) in [4.78, 5) is 31.8. The van der Waals surface area contributed by atoms with Crippen LogP contribution in [0.2, 0.25) is 0 Å². The van der Waals surface area contributed by atoms with Crippen LogP contribution in [0.4, 0.5) is 0 Å². The first-order valence-electron chi connectivity index (χ1n) is 9.32. The summed E-state index contributed by atoms with van der Waals surface area (Å²) in [5.41, 5.74) is 0.397. The molecule has 3 rings (SSSR count). The Bertz CT molecular complexity index is 1070. The smallest absolute Gasteiger partial charge is 0.262 e. The van der Waals surface area contributed by atoms with Crippen LogP contribution in [0.15, 0.2) is 34.2 Å². The molecule has 10 heteroatoms. The van der Waals surface area contributed by atoms with Gasteiger partial charge in [-0.05, 0) is 25.5 Å². The highest BCUT2D eigenvalue weighted by Crippen LogP contribution is 2.23. The average molecular weight is 440 g/mol. The topological polar surface area (TPSA) is 98.6 Å². The number of para-hydroxylation sites is 1. The SMILES string of the molecule is COC[C@H](C)n1c(SCC(=O)N(C)[C@H]2CCS(=O)(=O)C2)nc2ccccc2c1=O. The van der Waals surface area contributed by atoms with Crippen molar-refractivity contribution in [2.45, 2.75) is 30.6 Å². The number of methoxy groups -OCH3 is 1. The minimum Gasteiger partial charge on any atom is -0.383 e. The van der Waals surface area contributed by atoms with Gasteiger partial charge in [0, 0.05) is 20.2 Å².